The second-order valence-electron chi connectivity index (χ2n) is 1.15. The number of carbonyl (C=O) groups is 1. The fourth-order valence-electron chi connectivity index (χ4n) is 0.167. The Kier molecular flexibility index (Phi) is 27.1. The van der Waals surface area contributed by atoms with Crippen molar-refractivity contribution in [2.75, 3.05) is 11.5 Å². The van der Waals surface area contributed by atoms with Gasteiger partial charge < -0.3 is 10.8 Å². The molecule has 0 spiro atoms. The predicted molar refractivity (Wildman–Crippen MR) is 48.5 cm³/mol. The van der Waals surface area contributed by atoms with Gasteiger partial charge in [0, 0.05) is 31.0 Å². The van der Waals surface area contributed by atoms with Gasteiger partial charge in [-0.05, 0) is 0 Å². The summed E-state index contributed by atoms with van der Waals surface area (Å²) < 4.78 is 0. The smallest absolute Gasteiger partial charge is 0.402 e. The average Bonchev–Trinajstić information content (AvgIpc) is 1.82. The second kappa shape index (κ2) is 16.9. The van der Waals surface area contributed by atoms with E-state index in [0.717, 1.165) is 0 Å². The van der Waals surface area contributed by atoms with Gasteiger partial charge in [-0.25, -0.2) is 4.79 Å². The molecular weight excluding hydrogens is 236 g/mol. The zero-order valence-electron chi connectivity index (χ0n) is 6.87. The Balaban J connectivity index is -0.000000114. The van der Waals surface area contributed by atoms with E-state index in [-0.39, 0.29) is 19.5 Å². The molecule has 0 saturated heterocycles. The summed E-state index contributed by atoms with van der Waals surface area (Å²) in [6.45, 7) is 4.35. The van der Waals surface area contributed by atoms with Crippen molar-refractivity contribution in [1.29, 1.82) is 0 Å². The third kappa shape index (κ3) is 60.6. The zero-order chi connectivity index (χ0) is 8.41. The molecule has 0 aromatic rings. The number of amides is 1. The van der Waals surface area contributed by atoms with E-state index in [4.69, 9.17) is 9.90 Å². The zero-order valence-corrected chi connectivity index (χ0v) is 11.5. The van der Waals surface area contributed by atoms with Gasteiger partial charge in [0.1, 0.15) is 0 Å². The van der Waals surface area contributed by atoms with Gasteiger partial charge in [-0.15, -0.1) is 0 Å². The van der Waals surface area contributed by atoms with E-state index >= 15 is 0 Å². The van der Waals surface area contributed by atoms with Crippen molar-refractivity contribution >= 4 is 27.7 Å². The van der Waals surface area contributed by atoms with Crippen molar-refractivity contribution < 1.29 is 29.4 Å². The van der Waals surface area contributed by atoms with Gasteiger partial charge in [0.05, 0.1) is 0 Å². The fourth-order valence-corrected chi connectivity index (χ4v) is 1.50. The topological polar surface area (TPSA) is 63.3 Å². The molecule has 0 fully saturated rings. The molecule has 0 bridgehead atoms. The summed E-state index contributed by atoms with van der Waals surface area (Å²) in [6, 6.07) is 0. The van der Waals surface area contributed by atoms with Crippen LogP contribution in [0.3, 0.4) is 0 Å². The van der Waals surface area contributed by atoms with Crippen LogP contribution < -0.4 is 5.73 Å². The maximum Gasteiger partial charge on any atom is 0.402 e. The van der Waals surface area contributed by atoms with Gasteiger partial charge in [-0.2, -0.15) is 0 Å². The van der Waals surface area contributed by atoms with Crippen LogP contribution >= 0.6 is 21.6 Å². The summed E-state index contributed by atoms with van der Waals surface area (Å²) in [6.07, 6.45) is -1.33. The molecule has 6 heteroatoms. The first-order valence-electron chi connectivity index (χ1n) is 2.87. The molecule has 3 nitrogen and oxygen atoms in total. The fraction of sp³-hybridized carbons (Fsp3) is 0.800. The number of nitrogens with two attached hydrogens (primary N) is 1. The monoisotopic (exact) mass is 247 g/mol. The molecular formula is C5H13NO2S2Zn. The van der Waals surface area contributed by atoms with Crippen LogP contribution in [0, 0.1) is 0 Å². The predicted octanol–water partition coefficient (Wildman–Crippen LogP) is 2.03. The van der Waals surface area contributed by atoms with E-state index < -0.39 is 6.09 Å². The van der Waals surface area contributed by atoms with E-state index in [1.807, 2.05) is 21.6 Å². The molecule has 0 aromatic heterocycles. The second-order valence-corrected chi connectivity index (χ2v) is 4.19. The van der Waals surface area contributed by atoms with Crippen LogP contribution in [0.4, 0.5) is 4.79 Å². The van der Waals surface area contributed by atoms with Gasteiger partial charge in [-0.3, -0.25) is 0 Å². The van der Waals surface area contributed by atoms with E-state index in [1.54, 1.807) is 0 Å². The summed E-state index contributed by atoms with van der Waals surface area (Å²) in [7, 11) is 3.85. The number of hydrogen-bond donors (Lipinski definition) is 2. The van der Waals surface area contributed by atoms with E-state index in [9.17, 15) is 0 Å². The number of carboxylic acid groups (broad SMARTS) is 1. The van der Waals surface area contributed by atoms with E-state index in [1.165, 1.54) is 11.5 Å². The Bertz CT molecular complexity index is 76.9. The van der Waals surface area contributed by atoms with Crippen molar-refractivity contribution in [2.24, 2.45) is 5.73 Å². The first kappa shape index (κ1) is 17.6. The number of rotatable bonds is 3. The summed E-state index contributed by atoms with van der Waals surface area (Å²) in [4.78, 5) is 8.78. The van der Waals surface area contributed by atoms with E-state index in [2.05, 4.69) is 19.6 Å². The summed E-state index contributed by atoms with van der Waals surface area (Å²) >= 11 is 0. The van der Waals surface area contributed by atoms with Crippen LogP contribution in [0.5, 0.6) is 0 Å². The Labute approximate surface area is 88.0 Å². The molecule has 0 rings (SSSR count). The molecule has 64 valence electrons. The molecule has 3 N–H and O–H groups in total. The minimum Gasteiger partial charge on any atom is -0.465 e. The molecule has 11 heavy (non-hydrogen) atoms. The Hall–Kier alpha value is 0.593. The molecule has 0 aliphatic rings. The molecule has 0 aliphatic heterocycles. The van der Waals surface area contributed by atoms with Gasteiger partial charge in [0.25, 0.3) is 0 Å². The van der Waals surface area contributed by atoms with Crippen LogP contribution in [-0.2, 0) is 19.5 Å². The largest absolute Gasteiger partial charge is 0.465 e. The van der Waals surface area contributed by atoms with Gasteiger partial charge in [0.15, 0.2) is 0 Å². The van der Waals surface area contributed by atoms with Crippen molar-refractivity contribution in [3.05, 3.63) is 0 Å². The normalized spacial score (nSPS) is 7.09. The van der Waals surface area contributed by atoms with E-state index in [0.29, 0.717) is 0 Å². The van der Waals surface area contributed by atoms with Crippen LogP contribution in [0.1, 0.15) is 13.8 Å². The van der Waals surface area contributed by atoms with Crippen LogP contribution in [0.25, 0.3) is 0 Å². The van der Waals surface area contributed by atoms with Gasteiger partial charge >= 0.3 is 6.09 Å². The molecule has 0 radical (unpaired) electrons. The van der Waals surface area contributed by atoms with Crippen molar-refractivity contribution in [3.8, 4) is 0 Å². The van der Waals surface area contributed by atoms with Gasteiger partial charge in [-0.1, -0.05) is 35.4 Å². The number of primary amides is 1. The maximum atomic E-state index is 8.78. The van der Waals surface area contributed by atoms with Crippen molar-refractivity contribution in [1.82, 2.24) is 0 Å². The third-order valence-electron chi connectivity index (χ3n) is 0.319. The molecule has 0 atom stereocenters. The first-order chi connectivity index (χ1) is 4.65. The molecule has 1 amide bonds. The average molecular weight is 249 g/mol. The first-order valence-corrected chi connectivity index (χ1v) is 5.36. The molecule has 0 heterocycles. The summed E-state index contributed by atoms with van der Waals surface area (Å²) in [5.74, 6) is 2.47. The Morgan fingerprint density at radius 3 is 1.64 bits per heavy atom. The van der Waals surface area contributed by atoms with Crippen LogP contribution in [-0.4, -0.2) is 22.7 Å². The SMILES string of the molecule is CCSSCC.NC(=O)O.[Zn]. The Morgan fingerprint density at radius 2 is 1.55 bits per heavy atom. The third-order valence-corrected chi connectivity index (χ3v) is 2.87. The van der Waals surface area contributed by atoms with Gasteiger partial charge in [0.2, 0.25) is 0 Å². The van der Waals surface area contributed by atoms with Crippen molar-refractivity contribution in [3.63, 3.8) is 0 Å². The molecule has 0 aliphatic carbocycles. The molecule has 0 unspecified atom stereocenters. The summed E-state index contributed by atoms with van der Waals surface area (Å²) in [5.41, 5.74) is 4.03. The van der Waals surface area contributed by atoms with Crippen molar-refractivity contribution in [2.45, 2.75) is 13.8 Å². The summed E-state index contributed by atoms with van der Waals surface area (Å²) in [5, 5.41) is 7.19. The van der Waals surface area contributed by atoms with Crippen LogP contribution in [0.2, 0.25) is 0 Å². The number of hydrogen-bond acceptors (Lipinski definition) is 3. The Morgan fingerprint density at radius 1 is 1.36 bits per heavy atom. The quantitative estimate of drug-likeness (QED) is 0.456. The standard InChI is InChI=1S/C4H10S2.CH3NO2.Zn/c1-3-5-6-4-2;2-1(3)4;/h3-4H2,1-2H3;2H2,(H,3,4);. The molecule has 0 aromatic carbocycles. The van der Waals surface area contributed by atoms with Crippen LogP contribution in [0.15, 0.2) is 0 Å². The maximum absolute atomic E-state index is 8.78. The minimum absolute atomic E-state index is 0. The minimum atomic E-state index is -1.33. The molecule has 0 saturated carbocycles.